The Morgan fingerprint density at radius 2 is 2.06 bits per heavy atom. The van der Waals surface area contributed by atoms with Crippen LogP contribution in [0.1, 0.15) is 26.2 Å². The Hall–Kier alpha value is -0.160. The van der Waals surface area contributed by atoms with Gasteiger partial charge >= 0.3 is 0 Å². The number of hydrogen-bond donors (Lipinski definition) is 1. The molecule has 1 atom stereocenters. The van der Waals surface area contributed by atoms with Crippen molar-refractivity contribution in [1.82, 2.24) is 4.90 Å². The van der Waals surface area contributed by atoms with Gasteiger partial charge in [0, 0.05) is 44.9 Å². The van der Waals surface area contributed by atoms with Gasteiger partial charge in [0.25, 0.3) is 0 Å². The molecule has 0 radical (unpaired) electrons. The van der Waals surface area contributed by atoms with Crippen LogP contribution in [0.25, 0.3) is 0 Å². The molecule has 2 rings (SSSR count). The van der Waals surface area contributed by atoms with E-state index in [4.69, 9.17) is 9.47 Å². The van der Waals surface area contributed by atoms with Crippen molar-refractivity contribution in [1.29, 1.82) is 0 Å². The number of aliphatic hydroxyl groups is 1. The van der Waals surface area contributed by atoms with Crippen LogP contribution < -0.4 is 0 Å². The lowest BCUT2D eigenvalue weighted by Gasteiger charge is -2.39. The second-order valence-corrected chi connectivity index (χ2v) is 5.54. The van der Waals surface area contributed by atoms with Gasteiger partial charge in [-0.3, -0.25) is 0 Å². The standard InChI is InChI=1S/C13H25NO3/c1-12-9-14(5-2-6-17-12)10-13(11-15)3-7-16-8-4-13/h12,15H,2-11H2,1H3. The molecule has 0 aliphatic carbocycles. The van der Waals surface area contributed by atoms with E-state index in [0.717, 1.165) is 58.7 Å². The molecule has 100 valence electrons. The second-order valence-electron chi connectivity index (χ2n) is 5.54. The van der Waals surface area contributed by atoms with Crippen molar-refractivity contribution < 1.29 is 14.6 Å². The topological polar surface area (TPSA) is 41.9 Å². The molecule has 0 aromatic rings. The van der Waals surface area contributed by atoms with Gasteiger partial charge in [-0.05, 0) is 26.2 Å². The van der Waals surface area contributed by atoms with Crippen molar-refractivity contribution in [2.45, 2.75) is 32.3 Å². The lowest BCUT2D eigenvalue weighted by Crippen LogP contribution is -2.45. The average Bonchev–Trinajstić information content (AvgIpc) is 2.55. The molecule has 2 aliphatic rings. The minimum atomic E-state index is 0.0578. The molecule has 0 amide bonds. The van der Waals surface area contributed by atoms with E-state index < -0.39 is 0 Å². The monoisotopic (exact) mass is 243 g/mol. The van der Waals surface area contributed by atoms with Crippen LogP contribution in [0, 0.1) is 5.41 Å². The van der Waals surface area contributed by atoms with E-state index in [1.54, 1.807) is 0 Å². The summed E-state index contributed by atoms with van der Waals surface area (Å²) in [6, 6.07) is 0. The summed E-state index contributed by atoms with van der Waals surface area (Å²) in [5, 5.41) is 9.69. The molecule has 2 fully saturated rings. The fraction of sp³-hybridized carbons (Fsp3) is 1.00. The Kier molecular flexibility index (Phi) is 4.79. The van der Waals surface area contributed by atoms with Gasteiger partial charge in [-0.15, -0.1) is 0 Å². The number of rotatable bonds is 3. The molecule has 17 heavy (non-hydrogen) atoms. The first-order valence-corrected chi connectivity index (χ1v) is 6.77. The van der Waals surface area contributed by atoms with Gasteiger partial charge in [0.2, 0.25) is 0 Å². The summed E-state index contributed by atoms with van der Waals surface area (Å²) in [5.41, 5.74) is 0.0578. The molecule has 4 nitrogen and oxygen atoms in total. The normalized spacial score (nSPS) is 31.1. The lowest BCUT2D eigenvalue weighted by molar-refractivity contribution is -0.0369. The van der Waals surface area contributed by atoms with Gasteiger partial charge in [-0.2, -0.15) is 0 Å². The minimum absolute atomic E-state index is 0.0578. The minimum Gasteiger partial charge on any atom is -0.396 e. The van der Waals surface area contributed by atoms with Crippen molar-refractivity contribution in [2.75, 3.05) is 46.1 Å². The van der Waals surface area contributed by atoms with Crippen molar-refractivity contribution in [3.8, 4) is 0 Å². The lowest BCUT2D eigenvalue weighted by atomic mass is 9.80. The SMILES string of the molecule is CC1CN(CC2(CO)CCOCC2)CCCO1. The quantitative estimate of drug-likeness (QED) is 0.799. The molecule has 2 aliphatic heterocycles. The van der Waals surface area contributed by atoms with E-state index in [0.29, 0.717) is 6.10 Å². The molecule has 0 aromatic heterocycles. The van der Waals surface area contributed by atoms with Gasteiger partial charge in [-0.1, -0.05) is 0 Å². The summed E-state index contributed by atoms with van der Waals surface area (Å²) >= 11 is 0. The highest BCUT2D eigenvalue weighted by atomic mass is 16.5. The van der Waals surface area contributed by atoms with E-state index in [9.17, 15) is 5.11 Å². The maximum Gasteiger partial charge on any atom is 0.0673 e. The van der Waals surface area contributed by atoms with E-state index in [2.05, 4.69) is 11.8 Å². The predicted molar refractivity (Wildman–Crippen MR) is 66.0 cm³/mol. The molecule has 1 unspecified atom stereocenters. The van der Waals surface area contributed by atoms with Crippen LogP contribution in [0.3, 0.4) is 0 Å². The Labute approximate surface area is 104 Å². The molecule has 4 heteroatoms. The molecule has 2 heterocycles. The third-order valence-corrected chi connectivity index (χ3v) is 3.98. The van der Waals surface area contributed by atoms with Crippen molar-refractivity contribution in [3.05, 3.63) is 0 Å². The molecular formula is C13H25NO3. The molecule has 0 saturated carbocycles. The summed E-state index contributed by atoms with van der Waals surface area (Å²) < 4.78 is 11.1. The predicted octanol–water partition coefficient (Wildman–Crippen LogP) is 0.886. The van der Waals surface area contributed by atoms with Gasteiger partial charge < -0.3 is 19.5 Å². The third-order valence-electron chi connectivity index (χ3n) is 3.98. The van der Waals surface area contributed by atoms with Crippen LogP contribution in [0.4, 0.5) is 0 Å². The third kappa shape index (κ3) is 3.65. The summed E-state index contributed by atoms with van der Waals surface area (Å²) in [7, 11) is 0. The Morgan fingerprint density at radius 1 is 1.29 bits per heavy atom. The fourth-order valence-electron chi connectivity index (χ4n) is 2.87. The summed E-state index contributed by atoms with van der Waals surface area (Å²) in [5.74, 6) is 0. The van der Waals surface area contributed by atoms with Crippen LogP contribution in [0.5, 0.6) is 0 Å². The molecular weight excluding hydrogens is 218 g/mol. The van der Waals surface area contributed by atoms with Crippen LogP contribution >= 0.6 is 0 Å². The zero-order valence-corrected chi connectivity index (χ0v) is 10.9. The average molecular weight is 243 g/mol. The molecule has 2 saturated heterocycles. The van der Waals surface area contributed by atoms with E-state index in [1.807, 2.05) is 0 Å². The van der Waals surface area contributed by atoms with Crippen LogP contribution in [-0.4, -0.2) is 62.2 Å². The number of nitrogens with zero attached hydrogens (tertiary/aromatic N) is 1. The first kappa shape index (κ1) is 13.3. The number of ether oxygens (including phenoxy) is 2. The van der Waals surface area contributed by atoms with Crippen LogP contribution in [-0.2, 0) is 9.47 Å². The zero-order valence-electron chi connectivity index (χ0n) is 10.9. The Balaban J connectivity index is 1.92. The molecule has 0 spiro atoms. The van der Waals surface area contributed by atoms with E-state index in [1.165, 1.54) is 0 Å². The summed E-state index contributed by atoms with van der Waals surface area (Å²) in [4.78, 5) is 2.46. The number of hydrogen-bond acceptors (Lipinski definition) is 4. The maximum atomic E-state index is 9.69. The first-order chi connectivity index (χ1) is 8.24. The summed E-state index contributed by atoms with van der Waals surface area (Å²) in [6.45, 7) is 7.93. The summed E-state index contributed by atoms with van der Waals surface area (Å²) in [6.07, 6.45) is 3.38. The van der Waals surface area contributed by atoms with Crippen molar-refractivity contribution >= 4 is 0 Å². The maximum absolute atomic E-state index is 9.69. The van der Waals surface area contributed by atoms with Gasteiger partial charge in [0.15, 0.2) is 0 Å². The molecule has 1 N–H and O–H groups in total. The Bertz CT molecular complexity index is 229. The van der Waals surface area contributed by atoms with Crippen LogP contribution in [0.2, 0.25) is 0 Å². The number of aliphatic hydroxyl groups excluding tert-OH is 1. The first-order valence-electron chi connectivity index (χ1n) is 6.77. The van der Waals surface area contributed by atoms with Crippen LogP contribution in [0.15, 0.2) is 0 Å². The van der Waals surface area contributed by atoms with Gasteiger partial charge in [-0.25, -0.2) is 0 Å². The van der Waals surface area contributed by atoms with Crippen molar-refractivity contribution in [2.24, 2.45) is 5.41 Å². The largest absolute Gasteiger partial charge is 0.396 e. The van der Waals surface area contributed by atoms with E-state index >= 15 is 0 Å². The highest BCUT2D eigenvalue weighted by Gasteiger charge is 2.34. The van der Waals surface area contributed by atoms with Gasteiger partial charge in [0.1, 0.15) is 0 Å². The second kappa shape index (κ2) is 6.14. The smallest absolute Gasteiger partial charge is 0.0673 e. The van der Waals surface area contributed by atoms with Gasteiger partial charge in [0.05, 0.1) is 12.7 Å². The van der Waals surface area contributed by atoms with E-state index in [-0.39, 0.29) is 12.0 Å². The molecule has 0 aromatic carbocycles. The Morgan fingerprint density at radius 3 is 2.76 bits per heavy atom. The molecule has 0 bridgehead atoms. The van der Waals surface area contributed by atoms with Crippen molar-refractivity contribution in [3.63, 3.8) is 0 Å². The fourth-order valence-corrected chi connectivity index (χ4v) is 2.87. The highest BCUT2D eigenvalue weighted by Crippen LogP contribution is 2.31. The highest BCUT2D eigenvalue weighted by molar-refractivity contribution is 4.85. The zero-order chi connectivity index (χ0) is 12.1.